The lowest BCUT2D eigenvalue weighted by Gasteiger charge is -2.31. The molecule has 0 bridgehead atoms. The van der Waals surface area contributed by atoms with Crippen LogP contribution in [0.4, 0.5) is 5.69 Å². The molecule has 21 heavy (non-hydrogen) atoms. The largest absolute Gasteiger partial charge is 0.480 e. The smallest absolute Gasteiger partial charge is 0.323 e. The second-order valence-corrected chi connectivity index (χ2v) is 5.86. The predicted molar refractivity (Wildman–Crippen MR) is 81.3 cm³/mol. The lowest BCUT2D eigenvalue weighted by molar-refractivity contribution is -0.145. The van der Waals surface area contributed by atoms with Crippen LogP contribution in [0.5, 0.6) is 0 Å². The summed E-state index contributed by atoms with van der Waals surface area (Å²) in [6.45, 7) is 4.94. The van der Waals surface area contributed by atoms with Gasteiger partial charge in [-0.3, -0.25) is 9.59 Å². The summed E-state index contributed by atoms with van der Waals surface area (Å²) in [5.74, 6) is -1.06. The molecule has 1 aliphatic heterocycles. The number of anilines is 1. The molecule has 5 heteroatoms. The van der Waals surface area contributed by atoms with Crippen LogP contribution in [-0.2, 0) is 9.59 Å². The van der Waals surface area contributed by atoms with Crippen molar-refractivity contribution in [2.75, 3.05) is 25.0 Å². The van der Waals surface area contributed by atoms with E-state index < -0.39 is 5.97 Å². The molecule has 0 saturated heterocycles. The van der Waals surface area contributed by atoms with Crippen LogP contribution in [0.3, 0.4) is 0 Å². The van der Waals surface area contributed by atoms with Gasteiger partial charge in [-0.2, -0.15) is 0 Å². The summed E-state index contributed by atoms with van der Waals surface area (Å²) < 4.78 is 0. The Kier molecular flexibility index (Phi) is 4.83. The van der Waals surface area contributed by atoms with E-state index in [0.717, 1.165) is 17.8 Å². The second-order valence-electron chi connectivity index (χ2n) is 5.86. The molecular formula is C16H22N2O3. The van der Waals surface area contributed by atoms with Crippen molar-refractivity contribution in [2.24, 2.45) is 5.92 Å². The molecule has 1 atom stereocenters. The number of carboxylic acids is 1. The van der Waals surface area contributed by atoms with Gasteiger partial charge in [0.15, 0.2) is 0 Å². The highest BCUT2D eigenvalue weighted by molar-refractivity contribution is 5.88. The van der Waals surface area contributed by atoms with Crippen LogP contribution < -0.4 is 5.32 Å². The van der Waals surface area contributed by atoms with E-state index in [1.807, 2.05) is 38.1 Å². The predicted octanol–water partition coefficient (Wildman–Crippen LogP) is 2.15. The average Bonchev–Trinajstić information content (AvgIpc) is 2.44. The van der Waals surface area contributed by atoms with Crippen LogP contribution in [0, 0.1) is 5.92 Å². The molecule has 1 aliphatic rings. The Morgan fingerprint density at radius 2 is 2.10 bits per heavy atom. The van der Waals surface area contributed by atoms with E-state index in [-0.39, 0.29) is 24.3 Å². The number of carbonyl (C=O) groups excluding carboxylic acids is 1. The highest BCUT2D eigenvalue weighted by atomic mass is 16.4. The van der Waals surface area contributed by atoms with Crippen LogP contribution >= 0.6 is 0 Å². The molecule has 1 aromatic rings. The molecule has 5 nitrogen and oxygen atoms in total. The Hall–Kier alpha value is -2.04. The van der Waals surface area contributed by atoms with Gasteiger partial charge in [0.1, 0.15) is 6.54 Å². The maximum absolute atomic E-state index is 12.8. The quantitative estimate of drug-likeness (QED) is 0.872. The minimum absolute atomic E-state index is 0.0833. The summed E-state index contributed by atoms with van der Waals surface area (Å²) in [5, 5.41) is 12.3. The van der Waals surface area contributed by atoms with Gasteiger partial charge in [0.25, 0.3) is 0 Å². The number of aliphatic carboxylic acids is 1. The highest BCUT2D eigenvalue weighted by Gasteiger charge is 2.30. The average molecular weight is 290 g/mol. The number of nitrogens with one attached hydrogen (secondary N) is 1. The SMILES string of the molecule is CC(C)CN(CC(=O)O)C(=O)C1CCNc2ccccc21. The summed E-state index contributed by atoms with van der Waals surface area (Å²) in [7, 11) is 0. The number of nitrogens with zero attached hydrogens (tertiary/aromatic N) is 1. The Labute approximate surface area is 125 Å². The fraction of sp³-hybridized carbons (Fsp3) is 0.500. The number of fused-ring (bicyclic) bond motifs is 1. The third kappa shape index (κ3) is 3.74. The zero-order valence-electron chi connectivity index (χ0n) is 12.5. The van der Waals surface area contributed by atoms with Crippen molar-refractivity contribution >= 4 is 17.6 Å². The van der Waals surface area contributed by atoms with Crippen LogP contribution in [0.25, 0.3) is 0 Å². The zero-order chi connectivity index (χ0) is 15.4. The first-order valence-electron chi connectivity index (χ1n) is 7.32. The maximum Gasteiger partial charge on any atom is 0.323 e. The Balaban J connectivity index is 2.23. The van der Waals surface area contributed by atoms with Crippen LogP contribution in [0.2, 0.25) is 0 Å². The molecule has 0 aromatic heterocycles. The minimum Gasteiger partial charge on any atom is -0.480 e. The monoisotopic (exact) mass is 290 g/mol. The molecule has 0 saturated carbocycles. The fourth-order valence-electron chi connectivity index (χ4n) is 2.78. The normalized spacial score (nSPS) is 17.0. The van der Waals surface area contributed by atoms with Gasteiger partial charge in [-0.15, -0.1) is 0 Å². The fourth-order valence-corrected chi connectivity index (χ4v) is 2.78. The van der Waals surface area contributed by atoms with E-state index in [9.17, 15) is 9.59 Å². The second kappa shape index (κ2) is 6.61. The zero-order valence-corrected chi connectivity index (χ0v) is 12.5. The molecule has 1 aromatic carbocycles. The van der Waals surface area contributed by atoms with Crippen molar-refractivity contribution in [2.45, 2.75) is 26.2 Å². The summed E-state index contributed by atoms with van der Waals surface area (Å²) in [5.41, 5.74) is 1.94. The summed E-state index contributed by atoms with van der Waals surface area (Å²) >= 11 is 0. The number of hydrogen-bond donors (Lipinski definition) is 2. The first kappa shape index (κ1) is 15.4. The van der Waals surface area contributed by atoms with Gasteiger partial charge in [0.2, 0.25) is 5.91 Å². The Morgan fingerprint density at radius 1 is 1.38 bits per heavy atom. The molecule has 2 N–H and O–H groups in total. The topological polar surface area (TPSA) is 69.6 Å². The third-order valence-corrected chi connectivity index (χ3v) is 3.61. The van der Waals surface area contributed by atoms with Crippen molar-refractivity contribution in [1.29, 1.82) is 0 Å². The first-order chi connectivity index (χ1) is 9.99. The molecular weight excluding hydrogens is 268 g/mol. The number of amides is 1. The van der Waals surface area contributed by atoms with Gasteiger partial charge < -0.3 is 15.3 Å². The maximum atomic E-state index is 12.8. The highest BCUT2D eigenvalue weighted by Crippen LogP contribution is 2.32. The molecule has 0 spiro atoms. The van der Waals surface area contributed by atoms with E-state index in [4.69, 9.17) is 5.11 Å². The van der Waals surface area contributed by atoms with Crippen molar-refractivity contribution in [3.05, 3.63) is 29.8 Å². The number of carboxylic acid groups (broad SMARTS) is 1. The molecule has 1 heterocycles. The standard InChI is InChI=1S/C16H22N2O3/c1-11(2)9-18(10-15(19)20)16(21)13-7-8-17-14-6-4-3-5-12(13)14/h3-6,11,13,17H,7-10H2,1-2H3,(H,19,20). The van der Waals surface area contributed by atoms with E-state index in [1.165, 1.54) is 4.90 Å². The van der Waals surface area contributed by atoms with Crippen molar-refractivity contribution < 1.29 is 14.7 Å². The number of rotatable bonds is 5. The van der Waals surface area contributed by atoms with E-state index in [0.29, 0.717) is 13.0 Å². The van der Waals surface area contributed by atoms with Crippen LogP contribution in [0.1, 0.15) is 31.7 Å². The van der Waals surface area contributed by atoms with E-state index in [1.54, 1.807) is 0 Å². The van der Waals surface area contributed by atoms with Crippen molar-refractivity contribution in [1.82, 2.24) is 4.90 Å². The summed E-state index contributed by atoms with van der Waals surface area (Å²) in [6, 6.07) is 7.75. The molecule has 0 fully saturated rings. The molecule has 0 aliphatic carbocycles. The van der Waals surface area contributed by atoms with Gasteiger partial charge in [-0.05, 0) is 24.0 Å². The first-order valence-corrected chi connectivity index (χ1v) is 7.32. The molecule has 1 amide bonds. The lowest BCUT2D eigenvalue weighted by atomic mass is 9.89. The third-order valence-electron chi connectivity index (χ3n) is 3.61. The van der Waals surface area contributed by atoms with Gasteiger partial charge in [-0.25, -0.2) is 0 Å². The van der Waals surface area contributed by atoms with Crippen molar-refractivity contribution in [3.8, 4) is 0 Å². The molecule has 114 valence electrons. The van der Waals surface area contributed by atoms with Crippen molar-refractivity contribution in [3.63, 3.8) is 0 Å². The lowest BCUT2D eigenvalue weighted by Crippen LogP contribution is -2.42. The molecule has 1 unspecified atom stereocenters. The number of carbonyl (C=O) groups is 2. The van der Waals surface area contributed by atoms with Crippen LogP contribution in [-0.4, -0.2) is 41.5 Å². The van der Waals surface area contributed by atoms with Crippen LogP contribution in [0.15, 0.2) is 24.3 Å². The Morgan fingerprint density at radius 3 is 2.76 bits per heavy atom. The number of hydrogen-bond acceptors (Lipinski definition) is 3. The number of para-hydroxylation sites is 1. The summed E-state index contributed by atoms with van der Waals surface area (Å²) in [4.78, 5) is 25.3. The summed E-state index contributed by atoms with van der Waals surface area (Å²) in [6.07, 6.45) is 0.698. The van der Waals surface area contributed by atoms with E-state index in [2.05, 4.69) is 5.32 Å². The van der Waals surface area contributed by atoms with Gasteiger partial charge in [0.05, 0.1) is 5.92 Å². The van der Waals surface area contributed by atoms with Gasteiger partial charge >= 0.3 is 5.97 Å². The molecule has 2 rings (SSSR count). The Bertz CT molecular complexity index is 528. The minimum atomic E-state index is -0.966. The number of benzene rings is 1. The van der Waals surface area contributed by atoms with Gasteiger partial charge in [-0.1, -0.05) is 32.0 Å². The molecule has 0 radical (unpaired) electrons. The van der Waals surface area contributed by atoms with Gasteiger partial charge in [0, 0.05) is 18.8 Å². The van der Waals surface area contributed by atoms with E-state index >= 15 is 0 Å².